The monoisotopic (exact) mass is 237 g/mol. The number of likely N-dealkylation sites (tertiary alicyclic amines) is 1. The lowest BCUT2D eigenvalue weighted by Crippen LogP contribution is -2.58. The first-order chi connectivity index (χ1) is 8.26. The highest BCUT2D eigenvalue weighted by Gasteiger charge is 2.43. The van der Waals surface area contributed by atoms with E-state index in [2.05, 4.69) is 4.90 Å². The number of hydrogen-bond acceptors (Lipinski definition) is 2. The fraction of sp³-hybridized carbons (Fsp3) is 1.00. The average molecular weight is 237 g/mol. The predicted octanol–water partition coefficient (Wildman–Crippen LogP) is 2.80. The second-order valence-corrected chi connectivity index (χ2v) is 6.90. The summed E-state index contributed by atoms with van der Waals surface area (Å²) in [5, 5.41) is 9.52. The van der Waals surface area contributed by atoms with Crippen molar-refractivity contribution in [2.75, 3.05) is 19.6 Å². The zero-order valence-corrected chi connectivity index (χ0v) is 11.0. The lowest BCUT2D eigenvalue weighted by molar-refractivity contribution is -0.0420. The first kappa shape index (κ1) is 12.0. The van der Waals surface area contributed by atoms with Gasteiger partial charge in [-0.05, 0) is 49.9 Å². The minimum atomic E-state index is 0.00678. The molecule has 98 valence electrons. The van der Waals surface area contributed by atoms with E-state index < -0.39 is 0 Å². The summed E-state index contributed by atoms with van der Waals surface area (Å²) in [7, 11) is 0. The Morgan fingerprint density at radius 1 is 0.941 bits per heavy atom. The van der Waals surface area contributed by atoms with Gasteiger partial charge in [0.1, 0.15) is 0 Å². The van der Waals surface area contributed by atoms with Gasteiger partial charge in [-0.2, -0.15) is 0 Å². The van der Waals surface area contributed by atoms with Crippen LogP contribution in [0, 0.1) is 11.3 Å². The van der Waals surface area contributed by atoms with Crippen LogP contribution in [0.3, 0.4) is 0 Å². The third kappa shape index (κ3) is 2.68. The molecule has 0 bridgehead atoms. The van der Waals surface area contributed by atoms with Crippen LogP contribution < -0.4 is 0 Å². The largest absolute Gasteiger partial charge is 0.393 e. The van der Waals surface area contributed by atoms with E-state index in [1.54, 1.807) is 0 Å². The predicted molar refractivity (Wildman–Crippen MR) is 69.9 cm³/mol. The molecule has 1 aliphatic heterocycles. The van der Waals surface area contributed by atoms with Crippen LogP contribution in [0.1, 0.15) is 57.8 Å². The highest BCUT2D eigenvalue weighted by molar-refractivity contribution is 4.97. The molecule has 0 atom stereocenters. The van der Waals surface area contributed by atoms with Crippen molar-refractivity contribution >= 4 is 0 Å². The number of aliphatic hydroxyl groups is 1. The van der Waals surface area contributed by atoms with Crippen LogP contribution in [0.25, 0.3) is 0 Å². The third-order valence-electron chi connectivity index (χ3n) is 5.36. The van der Waals surface area contributed by atoms with E-state index in [1.807, 2.05) is 0 Å². The van der Waals surface area contributed by atoms with Crippen molar-refractivity contribution in [1.82, 2.24) is 4.90 Å². The quantitative estimate of drug-likeness (QED) is 0.798. The van der Waals surface area contributed by atoms with E-state index in [0.717, 1.165) is 24.2 Å². The van der Waals surface area contributed by atoms with Gasteiger partial charge in [-0.1, -0.05) is 19.3 Å². The summed E-state index contributed by atoms with van der Waals surface area (Å²) >= 11 is 0. The smallest absolute Gasteiger partial charge is 0.0540 e. The lowest BCUT2D eigenvalue weighted by atomic mass is 9.68. The molecular formula is C15H27NO. The summed E-state index contributed by atoms with van der Waals surface area (Å²) < 4.78 is 0. The highest BCUT2D eigenvalue weighted by atomic mass is 16.3. The summed E-state index contributed by atoms with van der Waals surface area (Å²) in [5.41, 5.74) is 0.742. The standard InChI is InChI=1S/C15H27NO/c17-14-6-4-13(5-7-14)10-16-11-15(12-16)8-2-1-3-9-15/h13-14,17H,1-12H2. The molecule has 3 aliphatic rings. The molecule has 0 radical (unpaired) electrons. The van der Waals surface area contributed by atoms with Gasteiger partial charge in [0.05, 0.1) is 6.10 Å². The first-order valence-corrected chi connectivity index (χ1v) is 7.66. The molecule has 3 fully saturated rings. The molecule has 2 nitrogen and oxygen atoms in total. The number of nitrogens with zero attached hydrogens (tertiary/aromatic N) is 1. The van der Waals surface area contributed by atoms with Gasteiger partial charge in [0.15, 0.2) is 0 Å². The molecule has 1 heterocycles. The summed E-state index contributed by atoms with van der Waals surface area (Å²) in [6.07, 6.45) is 12.0. The SMILES string of the molecule is OC1CCC(CN2CC3(CCCCC3)C2)CC1. The van der Waals surface area contributed by atoms with Gasteiger partial charge in [0, 0.05) is 19.6 Å². The van der Waals surface area contributed by atoms with Crippen LogP contribution in [0.2, 0.25) is 0 Å². The topological polar surface area (TPSA) is 23.5 Å². The van der Waals surface area contributed by atoms with E-state index >= 15 is 0 Å². The Balaban J connectivity index is 1.40. The van der Waals surface area contributed by atoms with Crippen molar-refractivity contribution in [3.8, 4) is 0 Å². The highest BCUT2D eigenvalue weighted by Crippen LogP contribution is 2.44. The molecule has 0 aromatic rings. The molecular weight excluding hydrogens is 210 g/mol. The number of aliphatic hydroxyl groups excluding tert-OH is 1. The Hall–Kier alpha value is -0.0800. The van der Waals surface area contributed by atoms with Crippen molar-refractivity contribution in [2.45, 2.75) is 63.9 Å². The molecule has 2 heteroatoms. The van der Waals surface area contributed by atoms with E-state index in [0.29, 0.717) is 0 Å². The maximum absolute atomic E-state index is 9.52. The van der Waals surface area contributed by atoms with Crippen LogP contribution in [0.15, 0.2) is 0 Å². The summed E-state index contributed by atoms with van der Waals surface area (Å²) in [4.78, 5) is 2.69. The Morgan fingerprint density at radius 2 is 1.59 bits per heavy atom. The van der Waals surface area contributed by atoms with E-state index in [-0.39, 0.29) is 6.10 Å². The Morgan fingerprint density at radius 3 is 2.24 bits per heavy atom. The van der Waals surface area contributed by atoms with Crippen LogP contribution >= 0.6 is 0 Å². The minimum absolute atomic E-state index is 0.00678. The molecule has 0 aromatic heterocycles. The second kappa shape index (κ2) is 4.89. The normalized spacial score (nSPS) is 37.9. The van der Waals surface area contributed by atoms with Gasteiger partial charge >= 0.3 is 0 Å². The van der Waals surface area contributed by atoms with Crippen LogP contribution in [-0.2, 0) is 0 Å². The lowest BCUT2D eigenvalue weighted by Gasteiger charge is -2.53. The number of hydrogen-bond donors (Lipinski definition) is 1. The molecule has 1 saturated heterocycles. The maximum atomic E-state index is 9.52. The fourth-order valence-electron chi connectivity index (χ4n) is 4.34. The van der Waals surface area contributed by atoms with Gasteiger partial charge < -0.3 is 10.0 Å². The average Bonchev–Trinajstić information content (AvgIpc) is 2.31. The van der Waals surface area contributed by atoms with Crippen LogP contribution in [0.4, 0.5) is 0 Å². The van der Waals surface area contributed by atoms with E-state index in [1.165, 1.54) is 64.6 Å². The molecule has 0 aromatic carbocycles. The number of rotatable bonds is 2. The summed E-state index contributed by atoms with van der Waals surface area (Å²) in [6.45, 7) is 4.08. The van der Waals surface area contributed by atoms with Crippen molar-refractivity contribution in [1.29, 1.82) is 0 Å². The Kier molecular flexibility index (Phi) is 3.45. The van der Waals surface area contributed by atoms with Crippen molar-refractivity contribution in [3.05, 3.63) is 0 Å². The molecule has 3 rings (SSSR count). The minimum Gasteiger partial charge on any atom is -0.393 e. The Bertz CT molecular complexity index is 244. The molecule has 2 saturated carbocycles. The second-order valence-electron chi connectivity index (χ2n) is 6.90. The molecule has 0 unspecified atom stereocenters. The molecule has 2 aliphatic carbocycles. The summed E-state index contributed by atoms with van der Waals surface area (Å²) in [6, 6.07) is 0. The molecule has 0 amide bonds. The van der Waals surface area contributed by atoms with E-state index in [9.17, 15) is 5.11 Å². The first-order valence-electron chi connectivity index (χ1n) is 7.66. The zero-order valence-electron chi connectivity index (χ0n) is 11.0. The third-order valence-corrected chi connectivity index (χ3v) is 5.36. The van der Waals surface area contributed by atoms with Crippen molar-refractivity contribution < 1.29 is 5.11 Å². The van der Waals surface area contributed by atoms with Crippen LogP contribution in [-0.4, -0.2) is 35.7 Å². The van der Waals surface area contributed by atoms with E-state index in [4.69, 9.17) is 0 Å². The van der Waals surface area contributed by atoms with Crippen molar-refractivity contribution in [2.24, 2.45) is 11.3 Å². The van der Waals surface area contributed by atoms with Gasteiger partial charge in [-0.3, -0.25) is 0 Å². The Labute approximate surface area is 105 Å². The fourth-order valence-corrected chi connectivity index (χ4v) is 4.34. The van der Waals surface area contributed by atoms with Gasteiger partial charge in [-0.25, -0.2) is 0 Å². The molecule has 17 heavy (non-hydrogen) atoms. The van der Waals surface area contributed by atoms with Gasteiger partial charge in [0.25, 0.3) is 0 Å². The van der Waals surface area contributed by atoms with Gasteiger partial charge in [0.2, 0.25) is 0 Å². The van der Waals surface area contributed by atoms with Gasteiger partial charge in [-0.15, -0.1) is 0 Å². The summed E-state index contributed by atoms with van der Waals surface area (Å²) in [5.74, 6) is 0.874. The molecule has 1 N–H and O–H groups in total. The van der Waals surface area contributed by atoms with Crippen LogP contribution in [0.5, 0.6) is 0 Å². The van der Waals surface area contributed by atoms with Crippen molar-refractivity contribution in [3.63, 3.8) is 0 Å². The molecule has 1 spiro atoms. The maximum Gasteiger partial charge on any atom is 0.0540 e. The zero-order chi connectivity index (χ0) is 11.7.